The van der Waals surface area contributed by atoms with Crippen LogP contribution in [0.1, 0.15) is 18.1 Å². The lowest BCUT2D eigenvalue weighted by atomic mass is 9.97. The Kier molecular flexibility index (Phi) is 3.72. The standard InChI is InChI=1S/C17H25N5/c1-11(18)10-22-8-7-15-16(22)13-9-12(19-2)5-6-14(13)17(15,20-3)21-4/h5-9,11,19-21H,10,18H2,1-4H3/t11-/m0/s1. The van der Waals surface area contributed by atoms with Crippen LogP contribution in [-0.4, -0.2) is 31.8 Å². The van der Waals surface area contributed by atoms with Gasteiger partial charge < -0.3 is 15.6 Å². The van der Waals surface area contributed by atoms with Gasteiger partial charge in [0.2, 0.25) is 0 Å². The zero-order valence-corrected chi connectivity index (χ0v) is 13.7. The minimum absolute atomic E-state index is 0.117. The number of fused-ring (bicyclic) bond motifs is 3. The number of aromatic nitrogens is 1. The minimum Gasteiger partial charge on any atom is -0.388 e. The number of hydrogen-bond donors (Lipinski definition) is 4. The molecule has 0 radical (unpaired) electrons. The van der Waals surface area contributed by atoms with Crippen LogP contribution in [0.5, 0.6) is 0 Å². The van der Waals surface area contributed by atoms with E-state index in [-0.39, 0.29) is 11.7 Å². The highest BCUT2D eigenvalue weighted by atomic mass is 15.2. The fraction of sp³-hybridized carbons (Fsp3) is 0.412. The molecule has 1 aromatic heterocycles. The third-order valence-corrected chi connectivity index (χ3v) is 4.57. The molecule has 5 N–H and O–H groups in total. The number of rotatable bonds is 5. The van der Waals surface area contributed by atoms with Crippen molar-refractivity contribution in [1.29, 1.82) is 0 Å². The Morgan fingerprint density at radius 3 is 2.45 bits per heavy atom. The Balaban J connectivity index is 2.26. The number of hydrogen-bond acceptors (Lipinski definition) is 4. The van der Waals surface area contributed by atoms with Crippen LogP contribution in [-0.2, 0) is 12.2 Å². The molecule has 1 heterocycles. The van der Waals surface area contributed by atoms with Gasteiger partial charge in [-0.3, -0.25) is 10.6 Å². The molecule has 1 aromatic carbocycles. The Hall–Kier alpha value is -1.82. The van der Waals surface area contributed by atoms with Crippen molar-refractivity contribution in [2.75, 3.05) is 26.5 Å². The molecule has 0 bridgehead atoms. The number of benzene rings is 1. The maximum absolute atomic E-state index is 6.02. The molecule has 0 aliphatic heterocycles. The van der Waals surface area contributed by atoms with Crippen LogP contribution in [0.4, 0.5) is 5.69 Å². The predicted molar refractivity (Wildman–Crippen MR) is 92.0 cm³/mol. The molecule has 2 aromatic rings. The van der Waals surface area contributed by atoms with E-state index in [1.807, 2.05) is 28.1 Å². The van der Waals surface area contributed by atoms with Gasteiger partial charge in [0.15, 0.2) is 0 Å². The van der Waals surface area contributed by atoms with Crippen molar-refractivity contribution in [3.05, 3.63) is 41.6 Å². The topological polar surface area (TPSA) is 67.0 Å². The van der Waals surface area contributed by atoms with E-state index < -0.39 is 0 Å². The SMILES string of the molecule is CNc1ccc2c(c1)-c1c(ccn1C[C@H](C)N)C2(NC)NC. The molecule has 22 heavy (non-hydrogen) atoms. The molecule has 5 heteroatoms. The van der Waals surface area contributed by atoms with Gasteiger partial charge in [0.1, 0.15) is 5.66 Å². The summed E-state index contributed by atoms with van der Waals surface area (Å²) in [6, 6.07) is 8.81. The van der Waals surface area contributed by atoms with Crippen LogP contribution >= 0.6 is 0 Å². The second-order valence-corrected chi connectivity index (χ2v) is 5.97. The summed E-state index contributed by atoms with van der Waals surface area (Å²) in [5.74, 6) is 0. The molecule has 5 nitrogen and oxygen atoms in total. The first-order valence-corrected chi connectivity index (χ1v) is 7.73. The second-order valence-electron chi connectivity index (χ2n) is 5.97. The van der Waals surface area contributed by atoms with Crippen LogP contribution in [0.25, 0.3) is 11.3 Å². The van der Waals surface area contributed by atoms with Crippen molar-refractivity contribution >= 4 is 5.69 Å². The molecule has 0 spiro atoms. The summed E-state index contributed by atoms with van der Waals surface area (Å²) >= 11 is 0. The molecular formula is C17H25N5. The van der Waals surface area contributed by atoms with Crippen molar-refractivity contribution in [2.45, 2.75) is 25.2 Å². The van der Waals surface area contributed by atoms with Gasteiger partial charge >= 0.3 is 0 Å². The summed E-state index contributed by atoms with van der Waals surface area (Å²) in [6.07, 6.45) is 2.13. The van der Waals surface area contributed by atoms with Gasteiger partial charge in [-0.15, -0.1) is 0 Å². The lowest BCUT2D eigenvalue weighted by Gasteiger charge is -2.30. The van der Waals surface area contributed by atoms with Crippen molar-refractivity contribution in [3.8, 4) is 11.3 Å². The molecular weight excluding hydrogens is 274 g/mol. The Bertz CT molecular complexity index is 682. The van der Waals surface area contributed by atoms with Crippen molar-refractivity contribution in [1.82, 2.24) is 15.2 Å². The Morgan fingerprint density at radius 1 is 1.14 bits per heavy atom. The van der Waals surface area contributed by atoms with Gasteiger partial charge in [-0.2, -0.15) is 0 Å². The number of anilines is 1. The van der Waals surface area contributed by atoms with Gasteiger partial charge in [-0.25, -0.2) is 0 Å². The lowest BCUT2D eigenvalue weighted by molar-refractivity contribution is 0.383. The summed E-state index contributed by atoms with van der Waals surface area (Å²) in [5, 5.41) is 10.2. The third-order valence-electron chi connectivity index (χ3n) is 4.57. The first-order chi connectivity index (χ1) is 10.6. The quantitative estimate of drug-likeness (QED) is 0.632. The highest BCUT2D eigenvalue weighted by Crippen LogP contribution is 2.47. The van der Waals surface area contributed by atoms with Crippen LogP contribution in [0.15, 0.2) is 30.5 Å². The van der Waals surface area contributed by atoms with Gasteiger partial charge in [0.05, 0.1) is 5.69 Å². The van der Waals surface area contributed by atoms with E-state index in [0.29, 0.717) is 0 Å². The van der Waals surface area contributed by atoms with E-state index in [2.05, 4.69) is 51.0 Å². The summed E-state index contributed by atoms with van der Waals surface area (Å²) in [5.41, 5.74) is 11.8. The largest absolute Gasteiger partial charge is 0.388 e. The Labute approximate surface area is 131 Å². The van der Waals surface area contributed by atoms with Crippen LogP contribution in [0.2, 0.25) is 0 Å². The fourth-order valence-corrected chi connectivity index (χ4v) is 3.57. The van der Waals surface area contributed by atoms with E-state index in [4.69, 9.17) is 5.73 Å². The molecule has 0 unspecified atom stereocenters. The average molecular weight is 299 g/mol. The second kappa shape index (κ2) is 5.43. The molecule has 0 saturated heterocycles. The van der Waals surface area contributed by atoms with Gasteiger partial charge in [-0.05, 0) is 39.2 Å². The molecule has 1 aliphatic rings. The highest BCUT2D eigenvalue weighted by molar-refractivity contribution is 5.81. The Morgan fingerprint density at radius 2 is 1.86 bits per heavy atom. The van der Waals surface area contributed by atoms with Gasteiger partial charge in [0, 0.05) is 48.2 Å². The van der Waals surface area contributed by atoms with E-state index in [9.17, 15) is 0 Å². The van der Waals surface area contributed by atoms with Crippen molar-refractivity contribution in [3.63, 3.8) is 0 Å². The number of nitrogens with two attached hydrogens (primary N) is 1. The minimum atomic E-state index is -0.347. The fourth-order valence-electron chi connectivity index (χ4n) is 3.57. The maximum Gasteiger partial charge on any atom is 0.124 e. The first-order valence-electron chi connectivity index (χ1n) is 7.73. The highest BCUT2D eigenvalue weighted by Gasteiger charge is 2.43. The molecule has 0 fully saturated rings. The number of nitrogens with zero attached hydrogens (tertiary/aromatic N) is 1. The summed E-state index contributed by atoms with van der Waals surface area (Å²) in [6.45, 7) is 2.84. The summed E-state index contributed by atoms with van der Waals surface area (Å²) in [7, 11) is 5.93. The molecule has 0 saturated carbocycles. The molecule has 3 rings (SSSR count). The molecule has 118 valence electrons. The first kappa shape index (κ1) is 15.1. The maximum atomic E-state index is 6.02. The van der Waals surface area contributed by atoms with Crippen LogP contribution in [0, 0.1) is 0 Å². The zero-order valence-electron chi connectivity index (χ0n) is 13.7. The average Bonchev–Trinajstić information content (AvgIpc) is 3.04. The molecule has 0 amide bonds. The van der Waals surface area contributed by atoms with E-state index in [1.54, 1.807) is 0 Å². The molecule has 1 aliphatic carbocycles. The van der Waals surface area contributed by atoms with Crippen molar-refractivity contribution < 1.29 is 0 Å². The number of nitrogens with one attached hydrogen (secondary N) is 3. The predicted octanol–water partition coefficient (Wildman–Crippen LogP) is 1.50. The van der Waals surface area contributed by atoms with Crippen LogP contribution in [0.3, 0.4) is 0 Å². The molecule has 1 atom stereocenters. The zero-order chi connectivity index (χ0) is 15.9. The van der Waals surface area contributed by atoms with E-state index in [1.165, 1.54) is 22.4 Å². The van der Waals surface area contributed by atoms with Crippen LogP contribution < -0.4 is 21.7 Å². The van der Waals surface area contributed by atoms with Gasteiger partial charge in [-0.1, -0.05) is 6.07 Å². The smallest absolute Gasteiger partial charge is 0.124 e. The lowest BCUT2D eigenvalue weighted by Crippen LogP contribution is -2.50. The normalized spacial score (nSPS) is 16.2. The van der Waals surface area contributed by atoms with Crippen molar-refractivity contribution in [2.24, 2.45) is 5.73 Å². The van der Waals surface area contributed by atoms with E-state index >= 15 is 0 Å². The van der Waals surface area contributed by atoms with E-state index in [0.717, 1.165) is 12.2 Å². The summed E-state index contributed by atoms with van der Waals surface area (Å²) < 4.78 is 2.26. The third kappa shape index (κ3) is 1.97. The van der Waals surface area contributed by atoms with Gasteiger partial charge in [0.25, 0.3) is 0 Å². The monoisotopic (exact) mass is 299 g/mol. The summed E-state index contributed by atoms with van der Waals surface area (Å²) in [4.78, 5) is 0.